The fourth-order valence-electron chi connectivity index (χ4n) is 4.83. The van der Waals surface area contributed by atoms with E-state index in [1.54, 1.807) is 5.38 Å². The first-order chi connectivity index (χ1) is 13.2. The standard InChI is InChI=1S/C20H23N3O3S/c1-11(15-7-12-2-3-13(15)6-12)21-19(24)16-9-27-20(23-16)22-14-4-5-17-18(8-14)26-10-25-17/h4-5,8-9,11-13,15H,2-3,6-7,10H2,1H3,(H,21,24)(H,22,23). The van der Waals surface area contributed by atoms with Crippen molar-refractivity contribution in [3.8, 4) is 11.5 Å². The zero-order chi connectivity index (χ0) is 18.4. The van der Waals surface area contributed by atoms with Gasteiger partial charge in [0.1, 0.15) is 5.69 Å². The molecule has 2 aliphatic carbocycles. The average molecular weight is 385 g/mol. The van der Waals surface area contributed by atoms with Gasteiger partial charge in [0.15, 0.2) is 16.6 Å². The third-order valence-electron chi connectivity index (χ3n) is 6.15. The first-order valence-electron chi connectivity index (χ1n) is 9.59. The van der Waals surface area contributed by atoms with E-state index in [0.29, 0.717) is 22.5 Å². The van der Waals surface area contributed by atoms with Gasteiger partial charge in [0.25, 0.3) is 5.91 Å². The van der Waals surface area contributed by atoms with E-state index in [-0.39, 0.29) is 18.7 Å². The number of fused-ring (bicyclic) bond motifs is 3. The van der Waals surface area contributed by atoms with Crippen LogP contribution in [0.25, 0.3) is 0 Å². The summed E-state index contributed by atoms with van der Waals surface area (Å²) in [5.41, 5.74) is 1.33. The van der Waals surface area contributed by atoms with E-state index in [1.807, 2.05) is 18.2 Å². The number of rotatable bonds is 5. The van der Waals surface area contributed by atoms with Crippen LogP contribution >= 0.6 is 11.3 Å². The van der Waals surface area contributed by atoms with E-state index >= 15 is 0 Å². The quantitative estimate of drug-likeness (QED) is 0.808. The molecule has 4 unspecified atom stereocenters. The molecule has 2 fully saturated rings. The molecule has 142 valence electrons. The summed E-state index contributed by atoms with van der Waals surface area (Å²) in [5.74, 6) is 3.68. The van der Waals surface area contributed by atoms with Crippen molar-refractivity contribution in [2.24, 2.45) is 17.8 Å². The Kier molecular flexibility index (Phi) is 4.19. The summed E-state index contributed by atoms with van der Waals surface area (Å²) >= 11 is 1.42. The highest BCUT2D eigenvalue weighted by molar-refractivity contribution is 7.14. The molecule has 2 aromatic rings. The first-order valence-corrected chi connectivity index (χ1v) is 10.5. The summed E-state index contributed by atoms with van der Waals surface area (Å²) in [6, 6.07) is 5.86. The Morgan fingerprint density at radius 2 is 2.15 bits per heavy atom. The van der Waals surface area contributed by atoms with Gasteiger partial charge in [-0.2, -0.15) is 0 Å². The highest BCUT2D eigenvalue weighted by Crippen LogP contribution is 2.49. The van der Waals surface area contributed by atoms with Gasteiger partial charge in [0, 0.05) is 23.2 Å². The summed E-state index contributed by atoms with van der Waals surface area (Å²) < 4.78 is 10.7. The summed E-state index contributed by atoms with van der Waals surface area (Å²) in [4.78, 5) is 17.1. The monoisotopic (exact) mass is 385 g/mol. The van der Waals surface area contributed by atoms with Crippen molar-refractivity contribution in [1.82, 2.24) is 10.3 Å². The summed E-state index contributed by atoms with van der Waals surface area (Å²) in [7, 11) is 0. The van der Waals surface area contributed by atoms with Crippen molar-refractivity contribution in [1.29, 1.82) is 0 Å². The Hall–Kier alpha value is -2.28. The summed E-state index contributed by atoms with van der Waals surface area (Å²) in [6.45, 7) is 2.39. The SMILES string of the molecule is CC(NC(=O)c1csc(Nc2ccc3c(c2)OCO3)n1)C1CC2CCC1C2. The predicted molar refractivity (Wildman–Crippen MR) is 104 cm³/mol. The van der Waals surface area contributed by atoms with Crippen LogP contribution in [0.3, 0.4) is 0 Å². The van der Waals surface area contributed by atoms with Crippen molar-refractivity contribution in [3.05, 3.63) is 29.3 Å². The van der Waals surface area contributed by atoms with E-state index in [9.17, 15) is 4.79 Å². The average Bonchev–Trinajstić information content (AvgIpc) is 3.44. The molecule has 3 aliphatic rings. The number of benzene rings is 1. The van der Waals surface area contributed by atoms with Gasteiger partial charge < -0.3 is 20.1 Å². The molecule has 5 rings (SSSR count). The third kappa shape index (κ3) is 3.25. The maximum absolute atomic E-state index is 12.6. The fraction of sp³-hybridized carbons (Fsp3) is 0.500. The van der Waals surface area contributed by atoms with Crippen molar-refractivity contribution < 1.29 is 14.3 Å². The molecule has 1 aromatic heterocycles. The molecule has 27 heavy (non-hydrogen) atoms. The minimum absolute atomic E-state index is 0.0831. The largest absolute Gasteiger partial charge is 0.454 e. The number of nitrogens with one attached hydrogen (secondary N) is 2. The number of anilines is 2. The lowest BCUT2D eigenvalue weighted by molar-refractivity contribution is 0.0911. The number of amides is 1. The number of aromatic nitrogens is 1. The Balaban J connectivity index is 1.21. The highest BCUT2D eigenvalue weighted by Gasteiger charge is 2.42. The van der Waals surface area contributed by atoms with Gasteiger partial charge in [-0.1, -0.05) is 6.42 Å². The van der Waals surface area contributed by atoms with Gasteiger partial charge in [0.05, 0.1) is 0 Å². The van der Waals surface area contributed by atoms with Gasteiger partial charge in [-0.25, -0.2) is 4.98 Å². The van der Waals surface area contributed by atoms with Gasteiger partial charge in [0.2, 0.25) is 6.79 Å². The normalized spacial score (nSPS) is 26.2. The lowest BCUT2D eigenvalue weighted by Crippen LogP contribution is -2.40. The molecule has 0 spiro atoms. The van der Waals surface area contributed by atoms with Crippen LogP contribution in [-0.2, 0) is 0 Å². The highest BCUT2D eigenvalue weighted by atomic mass is 32.1. The van der Waals surface area contributed by atoms with E-state index in [4.69, 9.17) is 9.47 Å². The number of hydrogen-bond acceptors (Lipinski definition) is 6. The molecule has 1 aliphatic heterocycles. The Bertz CT molecular complexity index is 868. The van der Waals surface area contributed by atoms with E-state index in [1.165, 1.54) is 37.0 Å². The molecule has 2 N–H and O–H groups in total. The van der Waals surface area contributed by atoms with Crippen LogP contribution < -0.4 is 20.1 Å². The van der Waals surface area contributed by atoms with Crippen LogP contribution in [-0.4, -0.2) is 23.7 Å². The van der Waals surface area contributed by atoms with E-state index < -0.39 is 0 Å². The topological polar surface area (TPSA) is 72.5 Å². The fourth-order valence-corrected chi connectivity index (χ4v) is 5.54. The molecule has 2 saturated carbocycles. The predicted octanol–water partition coefficient (Wildman–Crippen LogP) is 4.17. The molecule has 4 atom stereocenters. The van der Waals surface area contributed by atoms with Crippen LogP contribution in [0.4, 0.5) is 10.8 Å². The van der Waals surface area contributed by atoms with Crippen LogP contribution in [0, 0.1) is 17.8 Å². The first kappa shape index (κ1) is 16.9. The number of hydrogen-bond donors (Lipinski definition) is 2. The zero-order valence-corrected chi connectivity index (χ0v) is 16.1. The molecule has 6 nitrogen and oxygen atoms in total. The Labute approximate surface area is 162 Å². The minimum Gasteiger partial charge on any atom is -0.454 e. The van der Waals surface area contributed by atoms with E-state index in [0.717, 1.165) is 23.3 Å². The number of ether oxygens (including phenoxy) is 2. The number of thiazole rings is 1. The smallest absolute Gasteiger partial charge is 0.271 e. The molecule has 0 saturated heterocycles. The van der Waals surface area contributed by atoms with Gasteiger partial charge in [-0.15, -0.1) is 11.3 Å². The number of carbonyl (C=O) groups excluding carboxylic acids is 1. The summed E-state index contributed by atoms with van der Waals surface area (Å²) in [6.07, 6.45) is 5.32. The van der Waals surface area contributed by atoms with Crippen molar-refractivity contribution in [2.75, 3.05) is 12.1 Å². The van der Waals surface area contributed by atoms with Crippen LogP contribution in [0.2, 0.25) is 0 Å². The van der Waals surface area contributed by atoms with Gasteiger partial charge >= 0.3 is 0 Å². The second kappa shape index (κ2) is 6.71. The molecule has 1 aromatic carbocycles. The van der Waals surface area contributed by atoms with Crippen LogP contribution in [0.1, 0.15) is 43.1 Å². The van der Waals surface area contributed by atoms with Crippen molar-refractivity contribution >= 4 is 28.1 Å². The summed E-state index contributed by atoms with van der Waals surface area (Å²) in [5, 5.41) is 8.90. The maximum atomic E-state index is 12.6. The Morgan fingerprint density at radius 3 is 2.96 bits per heavy atom. The number of carbonyl (C=O) groups is 1. The third-order valence-corrected chi connectivity index (χ3v) is 6.91. The zero-order valence-electron chi connectivity index (χ0n) is 15.2. The van der Waals surface area contributed by atoms with Gasteiger partial charge in [-0.05, 0) is 56.1 Å². The maximum Gasteiger partial charge on any atom is 0.271 e. The molecular formula is C20H23N3O3S. The van der Waals surface area contributed by atoms with Crippen molar-refractivity contribution in [2.45, 2.75) is 38.6 Å². The lowest BCUT2D eigenvalue weighted by atomic mass is 9.84. The Morgan fingerprint density at radius 1 is 1.26 bits per heavy atom. The van der Waals surface area contributed by atoms with E-state index in [2.05, 4.69) is 22.5 Å². The molecular weight excluding hydrogens is 362 g/mol. The lowest BCUT2D eigenvalue weighted by Gasteiger charge is -2.28. The second-order valence-electron chi connectivity index (χ2n) is 7.83. The van der Waals surface area contributed by atoms with Crippen molar-refractivity contribution in [3.63, 3.8) is 0 Å². The van der Waals surface area contributed by atoms with Crippen LogP contribution in [0.15, 0.2) is 23.6 Å². The van der Waals surface area contributed by atoms with Gasteiger partial charge in [-0.3, -0.25) is 4.79 Å². The molecule has 2 heterocycles. The molecule has 2 bridgehead atoms. The molecule has 1 amide bonds. The minimum atomic E-state index is -0.0831. The molecule has 7 heteroatoms. The molecule has 0 radical (unpaired) electrons. The number of nitrogens with zero attached hydrogens (tertiary/aromatic N) is 1. The van der Waals surface area contributed by atoms with Crippen LogP contribution in [0.5, 0.6) is 11.5 Å². The second-order valence-corrected chi connectivity index (χ2v) is 8.69.